The first-order valence-electron chi connectivity index (χ1n) is 8.28. The Morgan fingerprint density at radius 1 is 1.19 bits per heavy atom. The molecule has 0 amide bonds. The number of ether oxygens (including phenoxy) is 1. The van der Waals surface area contributed by atoms with Crippen molar-refractivity contribution in [2.24, 2.45) is 5.92 Å². The molecule has 1 N–H and O–H groups in total. The van der Waals surface area contributed by atoms with Gasteiger partial charge in [-0.3, -0.25) is 0 Å². The van der Waals surface area contributed by atoms with E-state index in [1.807, 2.05) is 0 Å². The van der Waals surface area contributed by atoms with Crippen molar-refractivity contribution in [3.63, 3.8) is 0 Å². The molecule has 0 radical (unpaired) electrons. The van der Waals surface area contributed by atoms with Crippen LogP contribution in [-0.2, 0) is 0 Å². The van der Waals surface area contributed by atoms with Gasteiger partial charge in [-0.2, -0.15) is 0 Å². The molecule has 0 spiro atoms. The van der Waals surface area contributed by atoms with Gasteiger partial charge in [-0.1, -0.05) is 20.8 Å². The Hall–Kier alpha value is -1.22. The highest BCUT2D eigenvalue weighted by atomic mass is 16.5. The van der Waals surface area contributed by atoms with Crippen LogP contribution in [-0.4, -0.2) is 31.3 Å². The lowest BCUT2D eigenvalue weighted by Crippen LogP contribution is -2.58. The van der Waals surface area contributed by atoms with Crippen LogP contribution in [0.3, 0.4) is 0 Å². The van der Waals surface area contributed by atoms with Crippen molar-refractivity contribution in [1.29, 1.82) is 0 Å². The lowest BCUT2D eigenvalue weighted by molar-refractivity contribution is 0.242. The highest BCUT2D eigenvalue weighted by Crippen LogP contribution is 2.26. The molecule has 1 fully saturated rings. The number of benzene rings is 1. The van der Waals surface area contributed by atoms with Crippen molar-refractivity contribution in [1.82, 2.24) is 5.32 Å². The fourth-order valence-electron chi connectivity index (χ4n) is 2.94. The second-order valence-electron chi connectivity index (χ2n) is 6.63. The third-order valence-electron chi connectivity index (χ3n) is 4.27. The second kappa shape index (κ2) is 7.17. The highest BCUT2D eigenvalue weighted by Gasteiger charge is 2.28. The Morgan fingerprint density at radius 3 is 2.38 bits per heavy atom. The first-order chi connectivity index (χ1) is 10.0. The summed E-state index contributed by atoms with van der Waals surface area (Å²) >= 11 is 0. The molecule has 2 rings (SSSR count). The van der Waals surface area contributed by atoms with E-state index in [1.54, 1.807) is 0 Å². The minimum atomic E-state index is 0.226. The van der Waals surface area contributed by atoms with E-state index in [1.165, 1.54) is 12.1 Å². The van der Waals surface area contributed by atoms with Gasteiger partial charge in [0.05, 0.1) is 6.10 Å². The second-order valence-corrected chi connectivity index (χ2v) is 6.63. The molecule has 3 heteroatoms. The van der Waals surface area contributed by atoms with E-state index >= 15 is 0 Å². The maximum Gasteiger partial charge on any atom is 0.119 e. The Kier molecular flexibility index (Phi) is 5.51. The molecule has 1 heterocycles. The molecule has 3 nitrogen and oxygen atoms in total. The van der Waals surface area contributed by atoms with Gasteiger partial charge < -0.3 is 15.0 Å². The van der Waals surface area contributed by atoms with Crippen LogP contribution in [0.2, 0.25) is 0 Å². The Balaban J connectivity index is 2.12. The SMILES string of the molecule is CCC1CNC(C(C)C)CN1c1ccc(OC(C)C)cc1. The molecule has 2 unspecified atom stereocenters. The van der Waals surface area contributed by atoms with Crippen LogP contribution in [0.4, 0.5) is 5.69 Å². The topological polar surface area (TPSA) is 24.5 Å². The van der Waals surface area contributed by atoms with E-state index in [4.69, 9.17) is 4.74 Å². The number of nitrogens with one attached hydrogen (secondary N) is 1. The number of hydrogen-bond donors (Lipinski definition) is 1. The van der Waals surface area contributed by atoms with E-state index in [-0.39, 0.29) is 6.10 Å². The van der Waals surface area contributed by atoms with Crippen molar-refractivity contribution in [3.8, 4) is 5.75 Å². The molecule has 1 aliphatic heterocycles. The summed E-state index contributed by atoms with van der Waals surface area (Å²) in [5.74, 6) is 1.62. The summed E-state index contributed by atoms with van der Waals surface area (Å²) in [5, 5.41) is 3.69. The molecule has 0 saturated carbocycles. The van der Waals surface area contributed by atoms with Crippen LogP contribution < -0.4 is 15.0 Å². The predicted molar refractivity (Wildman–Crippen MR) is 90.3 cm³/mol. The fraction of sp³-hybridized carbons (Fsp3) is 0.667. The average Bonchev–Trinajstić information content (AvgIpc) is 2.46. The quantitative estimate of drug-likeness (QED) is 0.895. The van der Waals surface area contributed by atoms with Crippen LogP contribution >= 0.6 is 0 Å². The van der Waals surface area contributed by atoms with Crippen molar-refractivity contribution < 1.29 is 4.74 Å². The molecule has 2 atom stereocenters. The van der Waals surface area contributed by atoms with Gasteiger partial charge in [0, 0.05) is 30.9 Å². The molecule has 0 bridgehead atoms. The summed E-state index contributed by atoms with van der Waals surface area (Å²) in [5.41, 5.74) is 1.31. The van der Waals surface area contributed by atoms with E-state index < -0.39 is 0 Å². The smallest absolute Gasteiger partial charge is 0.119 e. The zero-order valence-electron chi connectivity index (χ0n) is 14.1. The predicted octanol–water partition coefficient (Wildman–Crippen LogP) is 3.69. The first kappa shape index (κ1) is 16.2. The molecule has 118 valence electrons. The Morgan fingerprint density at radius 2 is 1.86 bits per heavy atom. The molecule has 1 aromatic rings. The van der Waals surface area contributed by atoms with Crippen molar-refractivity contribution in [2.75, 3.05) is 18.0 Å². The molecule has 0 aliphatic carbocycles. The van der Waals surface area contributed by atoms with Gasteiger partial charge in [0.2, 0.25) is 0 Å². The number of anilines is 1. The average molecular weight is 290 g/mol. The summed E-state index contributed by atoms with van der Waals surface area (Å²) < 4.78 is 5.74. The zero-order chi connectivity index (χ0) is 15.4. The number of rotatable bonds is 5. The Bertz CT molecular complexity index is 427. The largest absolute Gasteiger partial charge is 0.491 e. The molecular weight excluding hydrogens is 260 g/mol. The van der Waals surface area contributed by atoms with Crippen LogP contribution in [0.1, 0.15) is 41.0 Å². The lowest BCUT2D eigenvalue weighted by Gasteiger charge is -2.43. The number of nitrogens with zero attached hydrogens (tertiary/aromatic N) is 1. The first-order valence-corrected chi connectivity index (χ1v) is 8.28. The molecule has 1 saturated heterocycles. The van der Waals surface area contributed by atoms with E-state index in [0.717, 1.165) is 18.8 Å². The summed E-state index contributed by atoms with van der Waals surface area (Å²) in [6.07, 6.45) is 1.39. The zero-order valence-corrected chi connectivity index (χ0v) is 14.1. The molecule has 1 aliphatic rings. The minimum absolute atomic E-state index is 0.226. The van der Waals surface area contributed by atoms with Crippen molar-refractivity contribution in [3.05, 3.63) is 24.3 Å². The lowest BCUT2D eigenvalue weighted by atomic mass is 9.98. The molecule has 21 heavy (non-hydrogen) atoms. The standard InChI is InChI=1S/C18H30N2O/c1-6-15-11-19-18(13(2)3)12-20(15)16-7-9-17(10-8-16)21-14(4)5/h7-10,13-15,18-19H,6,11-12H2,1-5H3. The third-order valence-corrected chi connectivity index (χ3v) is 4.27. The van der Waals surface area contributed by atoms with Crippen LogP contribution in [0, 0.1) is 5.92 Å². The molecular formula is C18H30N2O. The van der Waals surface area contributed by atoms with Crippen molar-refractivity contribution in [2.45, 2.75) is 59.2 Å². The van der Waals surface area contributed by atoms with Crippen LogP contribution in [0.25, 0.3) is 0 Å². The van der Waals surface area contributed by atoms with Gasteiger partial charge in [0.25, 0.3) is 0 Å². The van der Waals surface area contributed by atoms with Gasteiger partial charge in [-0.15, -0.1) is 0 Å². The fourth-order valence-corrected chi connectivity index (χ4v) is 2.94. The summed E-state index contributed by atoms with van der Waals surface area (Å²) in [6.45, 7) is 13.1. The molecule has 1 aromatic carbocycles. The van der Waals surface area contributed by atoms with E-state index in [2.05, 4.69) is 69.1 Å². The summed E-state index contributed by atoms with van der Waals surface area (Å²) in [4.78, 5) is 2.56. The summed E-state index contributed by atoms with van der Waals surface area (Å²) in [7, 11) is 0. The van der Waals surface area contributed by atoms with E-state index in [0.29, 0.717) is 18.0 Å². The number of piperazine rings is 1. The van der Waals surface area contributed by atoms with Gasteiger partial charge in [-0.05, 0) is 50.5 Å². The summed E-state index contributed by atoms with van der Waals surface area (Å²) in [6, 6.07) is 9.73. The van der Waals surface area contributed by atoms with E-state index in [9.17, 15) is 0 Å². The molecule has 0 aromatic heterocycles. The minimum Gasteiger partial charge on any atom is -0.491 e. The highest BCUT2D eigenvalue weighted by molar-refractivity contribution is 5.50. The van der Waals surface area contributed by atoms with Crippen molar-refractivity contribution >= 4 is 5.69 Å². The van der Waals surface area contributed by atoms with Gasteiger partial charge in [-0.25, -0.2) is 0 Å². The number of hydrogen-bond acceptors (Lipinski definition) is 3. The van der Waals surface area contributed by atoms with Gasteiger partial charge >= 0.3 is 0 Å². The normalized spacial score (nSPS) is 22.9. The third kappa shape index (κ3) is 4.13. The van der Waals surface area contributed by atoms with Gasteiger partial charge in [0.15, 0.2) is 0 Å². The maximum atomic E-state index is 5.74. The van der Waals surface area contributed by atoms with Gasteiger partial charge in [0.1, 0.15) is 5.75 Å². The van der Waals surface area contributed by atoms with Crippen LogP contribution in [0.15, 0.2) is 24.3 Å². The van der Waals surface area contributed by atoms with Crippen LogP contribution in [0.5, 0.6) is 5.75 Å². The monoisotopic (exact) mass is 290 g/mol. The maximum absolute atomic E-state index is 5.74. The Labute approximate surface area is 129 Å².